The van der Waals surface area contributed by atoms with Gasteiger partial charge < -0.3 is 11.1 Å². The highest BCUT2D eigenvalue weighted by Gasteiger charge is 2.23. The van der Waals surface area contributed by atoms with Crippen LogP contribution in [0.2, 0.25) is 0 Å². The van der Waals surface area contributed by atoms with Crippen LogP contribution < -0.4 is 11.1 Å². The zero-order valence-corrected chi connectivity index (χ0v) is 13.3. The quantitative estimate of drug-likeness (QED) is 0.876. The van der Waals surface area contributed by atoms with E-state index >= 15 is 0 Å². The minimum atomic E-state index is -0.424. The van der Waals surface area contributed by atoms with Crippen molar-refractivity contribution in [1.82, 2.24) is 9.97 Å². The predicted molar refractivity (Wildman–Crippen MR) is 86.6 cm³/mol. The van der Waals surface area contributed by atoms with Crippen molar-refractivity contribution in [3.8, 4) is 0 Å². The van der Waals surface area contributed by atoms with Crippen LogP contribution in [0.1, 0.15) is 67.9 Å². The van der Waals surface area contributed by atoms with Crippen LogP contribution >= 0.6 is 0 Å². The minimum Gasteiger partial charge on any atom is -0.365 e. The van der Waals surface area contributed by atoms with Crippen molar-refractivity contribution in [2.75, 3.05) is 5.32 Å². The molecule has 1 heterocycles. The first-order valence-corrected chi connectivity index (χ1v) is 8.54. The van der Waals surface area contributed by atoms with E-state index in [1.807, 2.05) is 0 Å². The first kappa shape index (κ1) is 15.3. The van der Waals surface area contributed by atoms with Gasteiger partial charge in [0.05, 0.1) is 11.3 Å². The number of amides is 1. The van der Waals surface area contributed by atoms with Gasteiger partial charge in [0, 0.05) is 12.2 Å². The molecule has 2 aliphatic carbocycles. The lowest BCUT2D eigenvalue weighted by atomic mass is 9.81. The zero-order valence-electron chi connectivity index (χ0n) is 13.3. The van der Waals surface area contributed by atoms with Crippen molar-refractivity contribution in [3.63, 3.8) is 0 Å². The van der Waals surface area contributed by atoms with Gasteiger partial charge in [-0.3, -0.25) is 4.79 Å². The lowest BCUT2D eigenvalue weighted by Gasteiger charge is -2.28. The van der Waals surface area contributed by atoms with E-state index in [0.717, 1.165) is 18.0 Å². The molecule has 2 saturated carbocycles. The highest BCUT2D eigenvalue weighted by molar-refractivity contribution is 5.93. The third-order valence-electron chi connectivity index (χ3n) is 5.11. The maximum absolute atomic E-state index is 11.6. The number of carbonyl (C=O) groups excluding carboxylic acids is 1. The molecule has 3 N–H and O–H groups in total. The Morgan fingerprint density at radius 2 is 2.09 bits per heavy atom. The molecule has 120 valence electrons. The Kier molecular flexibility index (Phi) is 4.60. The van der Waals surface area contributed by atoms with Gasteiger partial charge >= 0.3 is 0 Å². The van der Waals surface area contributed by atoms with Crippen LogP contribution in [0.25, 0.3) is 0 Å². The molecule has 0 aliphatic heterocycles. The topological polar surface area (TPSA) is 80.9 Å². The Bertz CT molecular complexity index is 541. The Hall–Kier alpha value is -1.65. The monoisotopic (exact) mass is 302 g/mol. The van der Waals surface area contributed by atoms with Gasteiger partial charge in [0.15, 0.2) is 0 Å². The molecule has 2 aliphatic rings. The summed E-state index contributed by atoms with van der Waals surface area (Å²) < 4.78 is 0. The van der Waals surface area contributed by atoms with Crippen LogP contribution in [0.5, 0.6) is 0 Å². The Morgan fingerprint density at radius 3 is 2.73 bits per heavy atom. The number of nitrogens with two attached hydrogens (primary N) is 1. The first-order valence-electron chi connectivity index (χ1n) is 8.54. The fourth-order valence-electron chi connectivity index (χ4n) is 3.57. The fraction of sp³-hybridized carbons (Fsp3) is 0.706. The van der Waals surface area contributed by atoms with E-state index in [1.165, 1.54) is 44.9 Å². The molecule has 1 aromatic rings. The number of hydrogen-bond acceptors (Lipinski definition) is 4. The molecule has 0 spiro atoms. The molecule has 2 atom stereocenters. The highest BCUT2D eigenvalue weighted by Crippen LogP contribution is 2.30. The van der Waals surface area contributed by atoms with E-state index in [4.69, 9.17) is 5.73 Å². The summed E-state index contributed by atoms with van der Waals surface area (Å²) in [7, 11) is 0. The molecule has 3 rings (SSSR count). The Labute approximate surface area is 132 Å². The van der Waals surface area contributed by atoms with Crippen molar-refractivity contribution in [3.05, 3.63) is 17.5 Å². The molecule has 0 bridgehead atoms. The van der Waals surface area contributed by atoms with Crippen LogP contribution in [0.15, 0.2) is 6.20 Å². The van der Waals surface area contributed by atoms with Crippen molar-refractivity contribution < 1.29 is 4.79 Å². The molecule has 1 amide bonds. The second kappa shape index (κ2) is 6.63. The molecule has 0 unspecified atom stereocenters. The van der Waals surface area contributed by atoms with Crippen molar-refractivity contribution in [2.24, 2.45) is 17.6 Å². The van der Waals surface area contributed by atoms with Crippen LogP contribution in [-0.2, 0) is 6.42 Å². The van der Waals surface area contributed by atoms with Gasteiger partial charge in [-0.1, -0.05) is 39.0 Å². The van der Waals surface area contributed by atoms with E-state index in [-0.39, 0.29) is 0 Å². The lowest BCUT2D eigenvalue weighted by molar-refractivity contribution is 0.0998. The maximum atomic E-state index is 11.6. The van der Waals surface area contributed by atoms with Gasteiger partial charge in [0.25, 0.3) is 5.91 Å². The summed E-state index contributed by atoms with van der Waals surface area (Å²) in [5, 5.41) is 3.45. The number of nitrogens with one attached hydrogen (secondary N) is 1. The smallest absolute Gasteiger partial charge is 0.252 e. The summed E-state index contributed by atoms with van der Waals surface area (Å²) in [6, 6.07) is 0.444. The normalized spacial score (nSPS) is 25.5. The van der Waals surface area contributed by atoms with Gasteiger partial charge in [0.1, 0.15) is 0 Å². The standard InChI is InChI=1S/C17H26N4O/c1-11-4-2-7-13(8-11)20-17-19-10-14(16(18)22)15(21-17)9-12-5-3-6-12/h10-13H,2-9H2,1H3,(H2,18,22)(H,19,20,21)/t11-,13+/m0/s1. The third-order valence-corrected chi connectivity index (χ3v) is 5.11. The van der Waals surface area contributed by atoms with E-state index in [2.05, 4.69) is 22.2 Å². The van der Waals surface area contributed by atoms with Crippen LogP contribution in [0.3, 0.4) is 0 Å². The number of nitrogens with zero attached hydrogens (tertiary/aromatic N) is 2. The lowest BCUT2D eigenvalue weighted by Crippen LogP contribution is -2.28. The molecule has 0 aromatic carbocycles. The number of primary amides is 1. The Morgan fingerprint density at radius 1 is 1.32 bits per heavy atom. The molecule has 5 heteroatoms. The van der Waals surface area contributed by atoms with Crippen molar-refractivity contribution in [1.29, 1.82) is 0 Å². The molecular weight excluding hydrogens is 276 g/mol. The van der Waals surface area contributed by atoms with Gasteiger partial charge in [-0.25, -0.2) is 9.97 Å². The molecule has 0 radical (unpaired) electrons. The summed E-state index contributed by atoms with van der Waals surface area (Å²) in [4.78, 5) is 20.5. The summed E-state index contributed by atoms with van der Waals surface area (Å²) in [5.41, 5.74) is 6.76. The summed E-state index contributed by atoms with van der Waals surface area (Å²) in [5.74, 6) is 1.63. The maximum Gasteiger partial charge on any atom is 0.252 e. The number of hydrogen-bond donors (Lipinski definition) is 2. The molecule has 1 aromatic heterocycles. The summed E-state index contributed by atoms with van der Waals surface area (Å²) in [6.45, 7) is 2.30. The largest absolute Gasteiger partial charge is 0.365 e. The van der Waals surface area contributed by atoms with E-state index in [1.54, 1.807) is 6.20 Å². The van der Waals surface area contributed by atoms with E-state index in [0.29, 0.717) is 23.5 Å². The predicted octanol–water partition coefficient (Wildman–Crippen LogP) is 2.91. The van der Waals surface area contributed by atoms with Gasteiger partial charge in [-0.15, -0.1) is 0 Å². The van der Waals surface area contributed by atoms with Crippen LogP contribution in [0, 0.1) is 11.8 Å². The van der Waals surface area contributed by atoms with Crippen LogP contribution in [-0.4, -0.2) is 21.9 Å². The number of anilines is 1. The third kappa shape index (κ3) is 3.57. The number of aromatic nitrogens is 2. The average molecular weight is 302 g/mol. The summed E-state index contributed by atoms with van der Waals surface area (Å²) in [6.07, 6.45) is 11.1. The van der Waals surface area contributed by atoms with Gasteiger partial charge in [-0.2, -0.15) is 0 Å². The second-order valence-corrected chi connectivity index (χ2v) is 7.03. The van der Waals surface area contributed by atoms with E-state index in [9.17, 15) is 4.79 Å². The van der Waals surface area contributed by atoms with Crippen LogP contribution in [0.4, 0.5) is 5.95 Å². The highest BCUT2D eigenvalue weighted by atomic mass is 16.1. The Balaban J connectivity index is 1.73. The fourth-order valence-corrected chi connectivity index (χ4v) is 3.57. The molecular formula is C17H26N4O. The zero-order chi connectivity index (χ0) is 15.5. The SMILES string of the molecule is C[C@H]1CCC[C@@H](Nc2ncc(C(N)=O)c(CC3CCC3)n2)C1. The van der Waals surface area contributed by atoms with Gasteiger partial charge in [0.2, 0.25) is 5.95 Å². The first-order chi connectivity index (χ1) is 10.6. The summed E-state index contributed by atoms with van der Waals surface area (Å²) >= 11 is 0. The van der Waals surface area contributed by atoms with Crippen molar-refractivity contribution >= 4 is 11.9 Å². The van der Waals surface area contributed by atoms with Crippen molar-refractivity contribution in [2.45, 2.75) is 64.3 Å². The van der Waals surface area contributed by atoms with Gasteiger partial charge in [-0.05, 0) is 31.1 Å². The molecule has 22 heavy (non-hydrogen) atoms. The number of carbonyl (C=O) groups is 1. The minimum absolute atomic E-state index is 0.424. The second-order valence-electron chi connectivity index (χ2n) is 7.03. The molecule has 0 saturated heterocycles. The molecule has 2 fully saturated rings. The number of rotatable bonds is 5. The average Bonchev–Trinajstić information content (AvgIpc) is 2.43. The molecule has 5 nitrogen and oxygen atoms in total. The van der Waals surface area contributed by atoms with E-state index < -0.39 is 5.91 Å².